The number of likely N-dealkylation sites (tertiary alicyclic amines) is 1. The molecule has 0 bridgehead atoms. The fraction of sp³-hybridized carbons (Fsp3) is 0.929. The van der Waals surface area contributed by atoms with Crippen LogP contribution < -0.4 is 5.73 Å². The number of nitrogens with two attached hydrogens (primary N) is 1. The monoisotopic (exact) mass is 256 g/mol. The fourth-order valence-electron chi connectivity index (χ4n) is 2.59. The van der Waals surface area contributed by atoms with E-state index in [0.29, 0.717) is 11.8 Å². The van der Waals surface area contributed by atoms with Crippen LogP contribution >= 0.6 is 0 Å². The standard InChI is InChI=1S/C14H28N2O2/c1-11(5-4-6-12(2)15)14(17)16-8-7-13(9-16)10-18-3/h11-13H,4-10,15H2,1-3H3. The summed E-state index contributed by atoms with van der Waals surface area (Å²) < 4.78 is 5.15. The smallest absolute Gasteiger partial charge is 0.225 e. The van der Waals surface area contributed by atoms with Crippen molar-refractivity contribution in [2.24, 2.45) is 17.6 Å². The Balaban J connectivity index is 2.27. The van der Waals surface area contributed by atoms with E-state index in [1.54, 1.807) is 7.11 Å². The van der Waals surface area contributed by atoms with Gasteiger partial charge in [0.25, 0.3) is 0 Å². The van der Waals surface area contributed by atoms with Crippen LogP contribution in [0, 0.1) is 11.8 Å². The molecule has 1 aliphatic rings. The first-order chi connectivity index (χ1) is 8.54. The summed E-state index contributed by atoms with van der Waals surface area (Å²) in [5.74, 6) is 0.957. The Morgan fingerprint density at radius 2 is 2.17 bits per heavy atom. The summed E-state index contributed by atoms with van der Waals surface area (Å²) in [6, 6.07) is 0.241. The number of methoxy groups -OCH3 is 1. The summed E-state index contributed by atoms with van der Waals surface area (Å²) in [5.41, 5.74) is 5.72. The van der Waals surface area contributed by atoms with Gasteiger partial charge in [0.2, 0.25) is 5.91 Å². The minimum absolute atomic E-state index is 0.130. The third kappa shape index (κ3) is 4.94. The van der Waals surface area contributed by atoms with Crippen molar-refractivity contribution in [2.45, 2.75) is 45.6 Å². The molecule has 0 radical (unpaired) electrons. The zero-order chi connectivity index (χ0) is 13.5. The number of rotatable bonds is 7. The van der Waals surface area contributed by atoms with Gasteiger partial charge in [-0.25, -0.2) is 0 Å². The molecule has 1 saturated heterocycles. The van der Waals surface area contributed by atoms with Crippen molar-refractivity contribution in [3.8, 4) is 0 Å². The molecule has 2 N–H and O–H groups in total. The van der Waals surface area contributed by atoms with Crippen molar-refractivity contribution in [3.63, 3.8) is 0 Å². The van der Waals surface area contributed by atoms with E-state index in [2.05, 4.69) is 0 Å². The van der Waals surface area contributed by atoms with Crippen molar-refractivity contribution in [1.29, 1.82) is 0 Å². The predicted octanol–water partition coefficient (Wildman–Crippen LogP) is 1.63. The average molecular weight is 256 g/mol. The number of carbonyl (C=O) groups excluding carboxylic acids is 1. The molecule has 3 unspecified atom stereocenters. The average Bonchev–Trinajstić information content (AvgIpc) is 2.76. The summed E-state index contributed by atoms with van der Waals surface area (Å²) in [4.78, 5) is 14.2. The van der Waals surface area contributed by atoms with Crippen LogP contribution in [0.4, 0.5) is 0 Å². The molecule has 0 saturated carbocycles. The molecule has 1 aliphatic heterocycles. The Morgan fingerprint density at radius 1 is 1.44 bits per heavy atom. The second kappa shape index (κ2) is 7.74. The predicted molar refractivity (Wildman–Crippen MR) is 73.2 cm³/mol. The first kappa shape index (κ1) is 15.4. The maximum absolute atomic E-state index is 12.2. The summed E-state index contributed by atoms with van der Waals surface area (Å²) in [5, 5.41) is 0. The molecule has 106 valence electrons. The molecule has 1 amide bonds. The lowest BCUT2D eigenvalue weighted by atomic mass is 10.0. The van der Waals surface area contributed by atoms with Crippen LogP contribution in [-0.2, 0) is 9.53 Å². The Hall–Kier alpha value is -0.610. The highest BCUT2D eigenvalue weighted by atomic mass is 16.5. The molecule has 4 heteroatoms. The number of carbonyl (C=O) groups is 1. The molecule has 3 atom stereocenters. The van der Waals surface area contributed by atoms with Gasteiger partial charge in [-0.1, -0.05) is 13.3 Å². The van der Waals surface area contributed by atoms with Crippen LogP contribution in [0.1, 0.15) is 39.5 Å². The zero-order valence-corrected chi connectivity index (χ0v) is 12.0. The summed E-state index contributed by atoms with van der Waals surface area (Å²) in [6.07, 6.45) is 4.07. The van der Waals surface area contributed by atoms with Gasteiger partial charge in [0, 0.05) is 38.1 Å². The lowest BCUT2D eigenvalue weighted by Gasteiger charge is -2.21. The van der Waals surface area contributed by atoms with E-state index in [4.69, 9.17) is 10.5 Å². The van der Waals surface area contributed by atoms with E-state index in [1.807, 2.05) is 18.7 Å². The minimum atomic E-state index is 0.130. The van der Waals surface area contributed by atoms with Gasteiger partial charge in [-0.3, -0.25) is 4.79 Å². The van der Waals surface area contributed by atoms with Gasteiger partial charge in [0.15, 0.2) is 0 Å². The van der Waals surface area contributed by atoms with Gasteiger partial charge in [0.05, 0.1) is 6.61 Å². The highest BCUT2D eigenvalue weighted by Crippen LogP contribution is 2.20. The van der Waals surface area contributed by atoms with E-state index in [9.17, 15) is 4.79 Å². The van der Waals surface area contributed by atoms with Gasteiger partial charge in [-0.05, 0) is 26.2 Å². The molecule has 1 heterocycles. The third-order valence-electron chi connectivity index (χ3n) is 3.72. The molecule has 0 aromatic carbocycles. The molecule has 1 fully saturated rings. The van der Waals surface area contributed by atoms with Gasteiger partial charge in [-0.15, -0.1) is 0 Å². The number of ether oxygens (including phenoxy) is 1. The van der Waals surface area contributed by atoms with Crippen molar-refractivity contribution < 1.29 is 9.53 Å². The van der Waals surface area contributed by atoms with Gasteiger partial charge in [-0.2, -0.15) is 0 Å². The Labute approximate surface area is 111 Å². The SMILES string of the molecule is COCC1CCN(C(=O)C(C)CCCC(C)N)C1. The summed E-state index contributed by atoms with van der Waals surface area (Å²) in [7, 11) is 1.72. The fourth-order valence-corrected chi connectivity index (χ4v) is 2.59. The van der Waals surface area contributed by atoms with Crippen LogP contribution in [0.3, 0.4) is 0 Å². The number of hydrogen-bond donors (Lipinski definition) is 1. The number of hydrogen-bond acceptors (Lipinski definition) is 3. The van der Waals surface area contributed by atoms with Crippen LogP contribution in [0.5, 0.6) is 0 Å². The van der Waals surface area contributed by atoms with Crippen molar-refractivity contribution in [3.05, 3.63) is 0 Å². The normalized spacial score (nSPS) is 23.1. The highest BCUT2D eigenvalue weighted by molar-refractivity contribution is 5.78. The van der Waals surface area contributed by atoms with Crippen LogP contribution in [0.2, 0.25) is 0 Å². The summed E-state index contributed by atoms with van der Waals surface area (Å²) in [6.45, 7) is 6.58. The maximum atomic E-state index is 12.2. The zero-order valence-electron chi connectivity index (χ0n) is 12.0. The molecule has 1 rings (SSSR count). The second-order valence-corrected chi connectivity index (χ2v) is 5.70. The van der Waals surface area contributed by atoms with E-state index in [0.717, 1.165) is 45.4 Å². The van der Waals surface area contributed by atoms with Crippen molar-refractivity contribution in [1.82, 2.24) is 4.90 Å². The summed E-state index contributed by atoms with van der Waals surface area (Å²) >= 11 is 0. The second-order valence-electron chi connectivity index (χ2n) is 5.70. The Kier molecular flexibility index (Phi) is 6.65. The van der Waals surface area contributed by atoms with Crippen molar-refractivity contribution >= 4 is 5.91 Å². The van der Waals surface area contributed by atoms with Gasteiger partial charge in [0.1, 0.15) is 0 Å². The van der Waals surface area contributed by atoms with E-state index in [1.165, 1.54) is 0 Å². The van der Waals surface area contributed by atoms with E-state index >= 15 is 0 Å². The lowest BCUT2D eigenvalue weighted by Crippen LogP contribution is -2.33. The largest absolute Gasteiger partial charge is 0.384 e. The Morgan fingerprint density at radius 3 is 2.78 bits per heavy atom. The molecular weight excluding hydrogens is 228 g/mol. The lowest BCUT2D eigenvalue weighted by molar-refractivity contribution is -0.134. The first-order valence-corrected chi connectivity index (χ1v) is 7.08. The maximum Gasteiger partial charge on any atom is 0.225 e. The van der Waals surface area contributed by atoms with Gasteiger partial charge < -0.3 is 15.4 Å². The molecule has 4 nitrogen and oxygen atoms in total. The Bertz CT molecular complexity index is 256. The van der Waals surface area contributed by atoms with Gasteiger partial charge >= 0.3 is 0 Å². The van der Waals surface area contributed by atoms with Crippen LogP contribution in [-0.4, -0.2) is 43.7 Å². The molecule has 0 aliphatic carbocycles. The third-order valence-corrected chi connectivity index (χ3v) is 3.72. The molecular formula is C14H28N2O2. The molecule has 0 aromatic heterocycles. The topological polar surface area (TPSA) is 55.6 Å². The quantitative estimate of drug-likeness (QED) is 0.753. The van der Waals surface area contributed by atoms with E-state index in [-0.39, 0.29) is 12.0 Å². The van der Waals surface area contributed by atoms with E-state index < -0.39 is 0 Å². The van der Waals surface area contributed by atoms with Crippen LogP contribution in [0.25, 0.3) is 0 Å². The minimum Gasteiger partial charge on any atom is -0.384 e. The molecule has 18 heavy (non-hydrogen) atoms. The number of nitrogens with zero attached hydrogens (tertiary/aromatic N) is 1. The number of amides is 1. The van der Waals surface area contributed by atoms with Crippen LogP contribution in [0.15, 0.2) is 0 Å². The highest BCUT2D eigenvalue weighted by Gasteiger charge is 2.28. The van der Waals surface area contributed by atoms with Crippen molar-refractivity contribution in [2.75, 3.05) is 26.8 Å². The first-order valence-electron chi connectivity index (χ1n) is 7.08. The molecule has 0 aromatic rings. The molecule has 0 spiro atoms.